The lowest BCUT2D eigenvalue weighted by Crippen LogP contribution is -2.45. The van der Waals surface area contributed by atoms with Gasteiger partial charge in [-0.2, -0.15) is 0 Å². The van der Waals surface area contributed by atoms with Crippen molar-refractivity contribution in [2.75, 3.05) is 13.2 Å². The second-order valence-electron chi connectivity index (χ2n) is 18.6. The van der Waals surface area contributed by atoms with Crippen molar-refractivity contribution in [2.45, 2.75) is 309 Å². The number of rotatable bonds is 50. The quantitative estimate of drug-likeness (QED) is 0.0322. The predicted octanol–water partition coefficient (Wildman–Crippen LogP) is 16.1. The van der Waals surface area contributed by atoms with Gasteiger partial charge in [-0.3, -0.25) is 9.59 Å². The summed E-state index contributed by atoms with van der Waals surface area (Å²) in [5, 5.41) is 23.2. The van der Waals surface area contributed by atoms with E-state index in [1.54, 1.807) is 0 Å². The molecule has 0 rings (SSSR count). The standard InChI is InChI=1S/C54H105NO5/c1-3-5-7-9-11-13-15-17-19-20-21-23-25-27-32-36-40-44-48-54(59)60-49-45-41-37-33-29-28-31-35-39-43-47-53(58)55-51(50-56)52(57)46-42-38-34-30-26-24-22-18-16-14-12-10-8-6-4-2/h19-20,51-52,56-57H,3-18,21-50H2,1-2H3,(H,55,58)/b20-19-. The minimum absolute atomic E-state index is 0.0212. The van der Waals surface area contributed by atoms with E-state index in [2.05, 4.69) is 31.3 Å². The molecule has 3 N–H and O–H groups in total. The summed E-state index contributed by atoms with van der Waals surface area (Å²) in [4.78, 5) is 24.5. The fraction of sp³-hybridized carbons (Fsp3) is 0.926. The number of carbonyl (C=O) groups excluding carboxylic acids is 2. The average Bonchev–Trinajstić information content (AvgIpc) is 3.25. The second kappa shape index (κ2) is 50.2. The maximum absolute atomic E-state index is 12.5. The number of allylic oxidation sites excluding steroid dienone is 2. The number of hydrogen-bond donors (Lipinski definition) is 3. The Hall–Kier alpha value is -1.40. The Morgan fingerprint density at radius 3 is 1.18 bits per heavy atom. The van der Waals surface area contributed by atoms with Gasteiger partial charge in [-0.25, -0.2) is 0 Å². The minimum Gasteiger partial charge on any atom is -0.466 e. The van der Waals surface area contributed by atoms with Gasteiger partial charge in [0.25, 0.3) is 0 Å². The molecule has 60 heavy (non-hydrogen) atoms. The third-order valence-electron chi connectivity index (χ3n) is 12.6. The molecule has 0 aliphatic heterocycles. The average molecular weight is 848 g/mol. The number of aliphatic hydroxyl groups excluding tert-OH is 2. The van der Waals surface area contributed by atoms with Crippen LogP contribution in [-0.4, -0.2) is 47.4 Å². The largest absolute Gasteiger partial charge is 0.466 e. The van der Waals surface area contributed by atoms with E-state index in [4.69, 9.17) is 4.74 Å². The molecule has 0 aliphatic carbocycles. The molecule has 6 heteroatoms. The van der Waals surface area contributed by atoms with E-state index < -0.39 is 12.1 Å². The van der Waals surface area contributed by atoms with Crippen molar-refractivity contribution >= 4 is 11.9 Å². The lowest BCUT2D eigenvalue weighted by molar-refractivity contribution is -0.143. The highest BCUT2D eigenvalue weighted by Crippen LogP contribution is 2.17. The van der Waals surface area contributed by atoms with Crippen LogP contribution in [0.5, 0.6) is 0 Å². The summed E-state index contributed by atoms with van der Waals surface area (Å²) in [5.74, 6) is -0.0775. The number of unbranched alkanes of at least 4 members (excludes halogenated alkanes) is 37. The summed E-state index contributed by atoms with van der Waals surface area (Å²) in [6, 6.07) is -0.557. The van der Waals surface area contributed by atoms with Gasteiger partial charge in [-0.1, -0.05) is 244 Å². The zero-order valence-corrected chi connectivity index (χ0v) is 40.5. The van der Waals surface area contributed by atoms with Gasteiger partial charge in [0.2, 0.25) is 5.91 Å². The molecule has 0 aliphatic rings. The third kappa shape index (κ3) is 46.1. The molecule has 0 radical (unpaired) electrons. The molecule has 0 saturated carbocycles. The third-order valence-corrected chi connectivity index (χ3v) is 12.6. The molecule has 0 aromatic rings. The smallest absolute Gasteiger partial charge is 0.305 e. The van der Waals surface area contributed by atoms with Gasteiger partial charge in [-0.05, 0) is 51.4 Å². The van der Waals surface area contributed by atoms with E-state index >= 15 is 0 Å². The zero-order valence-electron chi connectivity index (χ0n) is 40.5. The van der Waals surface area contributed by atoms with Crippen LogP contribution >= 0.6 is 0 Å². The van der Waals surface area contributed by atoms with E-state index in [0.29, 0.717) is 25.9 Å². The lowest BCUT2D eigenvalue weighted by Gasteiger charge is -2.22. The molecule has 0 aromatic carbocycles. The van der Waals surface area contributed by atoms with E-state index in [9.17, 15) is 19.8 Å². The first kappa shape index (κ1) is 58.6. The van der Waals surface area contributed by atoms with Crippen LogP contribution in [0, 0.1) is 0 Å². The van der Waals surface area contributed by atoms with Gasteiger partial charge in [0.1, 0.15) is 0 Å². The van der Waals surface area contributed by atoms with Crippen LogP contribution in [-0.2, 0) is 14.3 Å². The van der Waals surface area contributed by atoms with Gasteiger partial charge >= 0.3 is 5.97 Å². The number of aliphatic hydroxyl groups is 2. The van der Waals surface area contributed by atoms with Crippen LogP contribution < -0.4 is 5.32 Å². The molecule has 0 bridgehead atoms. The fourth-order valence-corrected chi connectivity index (χ4v) is 8.40. The fourth-order valence-electron chi connectivity index (χ4n) is 8.40. The SMILES string of the molecule is CCCCCCCCC/C=C\CCCCCCCCCC(=O)OCCCCCCCCCCCCC(=O)NC(CO)C(O)CCCCCCCCCCCCCCCCC. The van der Waals surface area contributed by atoms with Crippen molar-refractivity contribution in [3.8, 4) is 0 Å². The number of esters is 1. The van der Waals surface area contributed by atoms with E-state index in [1.165, 1.54) is 205 Å². The maximum Gasteiger partial charge on any atom is 0.305 e. The van der Waals surface area contributed by atoms with Crippen molar-refractivity contribution in [1.82, 2.24) is 5.32 Å². The van der Waals surface area contributed by atoms with Gasteiger partial charge < -0.3 is 20.3 Å². The Bertz CT molecular complexity index is 893. The van der Waals surface area contributed by atoms with Gasteiger partial charge in [0, 0.05) is 12.8 Å². The first-order valence-electron chi connectivity index (χ1n) is 26.9. The molecule has 0 saturated heterocycles. The van der Waals surface area contributed by atoms with Gasteiger partial charge in [0.15, 0.2) is 0 Å². The first-order chi connectivity index (χ1) is 29.5. The van der Waals surface area contributed by atoms with Crippen LogP contribution in [0.25, 0.3) is 0 Å². The Kier molecular flexibility index (Phi) is 49.1. The summed E-state index contributed by atoms with van der Waals surface area (Å²) in [5.41, 5.74) is 0. The summed E-state index contributed by atoms with van der Waals surface area (Å²) >= 11 is 0. The molecule has 2 unspecified atom stereocenters. The molecule has 1 amide bonds. The van der Waals surface area contributed by atoms with Gasteiger partial charge in [-0.15, -0.1) is 0 Å². The Morgan fingerprint density at radius 2 is 0.783 bits per heavy atom. The van der Waals surface area contributed by atoms with E-state index in [-0.39, 0.29) is 18.5 Å². The van der Waals surface area contributed by atoms with Crippen molar-refractivity contribution < 1.29 is 24.5 Å². The van der Waals surface area contributed by atoms with E-state index in [1.807, 2.05) is 0 Å². The molecule has 0 heterocycles. The highest BCUT2D eigenvalue weighted by Gasteiger charge is 2.20. The Balaban J connectivity index is 3.46. The van der Waals surface area contributed by atoms with E-state index in [0.717, 1.165) is 57.8 Å². The number of hydrogen-bond acceptors (Lipinski definition) is 5. The molecule has 0 aromatic heterocycles. The monoisotopic (exact) mass is 848 g/mol. The van der Waals surface area contributed by atoms with Crippen molar-refractivity contribution in [2.24, 2.45) is 0 Å². The number of carbonyl (C=O) groups is 2. The van der Waals surface area contributed by atoms with Gasteiger partial charge in [0.05, 0.1) is 25.4 Å². The molecular weight excluding hydrogens is 743 g/mol. The second-order valence-corrected chi connectivity index (χ2v) is 18.6. The summed E-state index contributed by atoms with van der Waals surface area (Å²) in [7, 11) is 0. The number of ether oxygens (including phenoxy) is 1. The Labute approximate surface area is 374 Å². The minimum atomic E-state index is -0.678. The molecular formula is C54H105NO5. The highest BCUT2D eigenvalue weighted by molar-refractivity contribution is 5.76. The topological polar surface area (TPSA) is 95.9 Å². The molecule has 0 fully saturated rings. The highest BCUT2D eigenvalue weighted by atomic mass is 16.5. The molecule has 0 spiro atoms. The lowest BCUT2D eigenvalue weighted by atomic mass is 10.0. The Morgan fingerprint density at radius 1 is 0.450 bits per heavy atom. The van der Waals surface area contributed by atoms with Crippen LogP contribution in [0.3, 0.4) is 0 Å². The summed E-state index contributed by atoms with van der Waals surface area (Å²) in [6.07, 6.45) is 57.5. The van der Waals surface area contributed by atoms with Crippen molar-refractivity contribution in [3.05, 3.63) is 12.2 Å². The predicted molar refractivity (Wildman–Crippen MR) is 260 cm³/mol. The van der Waals surface area contributed by atoms with Crippen LogP contribution in [0.2, 0.25) is 0 Å². The van der Waals surface area contributed by atoms with Crippen molar-refractivity contribution in [3.63, 3.8) is 0 Å². The molecule has 6 nitrogen and oxygen atoms in total. The number of nitrogens with one attached hydrogen (secondary N) is 1. The van der Waals surface area contributed by atoms with Crippen LogP contribution in [0.1, 0.15) is 296 Å². The molecule has 2 atom stereocenters. The van der Waals surface area contributed by atoms with Crippen molar-refractivity contribution in [1.29, 1.82) is 0 Å². The first-order valence-corrected chi connectivity index (χ1v) is 26.9. The summed E-state index contributed by atoms with van der Waals surface area (Å²) in [6.45, 7) is 4.91. The van der Waals surface area contributed by atoms with Crippen LogP contribution in [0.4, 0.5) is 0 Å². The normalized spacial score (nSPS) is 12.7. The molecule has 356 valence electrons. The number of amides is 1. The maximum atomic E-state index is 12.5. The summed E-state index contributed by atoms with van der Waals surface area (Å²) < 4.78 is 5.47. The van der Waals surface area contributed by atoms with Crippen LogP contribution in [0.15, 0.2) is 12.2 Å². The zero-order chi connectivity index (χ0) is 43.7.